The molecular weight excluding hydrogens is 260 g/mol. The van der Waals surface area contributed by atoms with E-state index in [-0.39, 0.29) is 6.10 Å². The van der Waals surface area contributed by atoms with E-state index in [1.54, 1.807) is 0 Å². The summed E-state index contributed by atoms with van der Waals surface area (Å²) in [5, 5.41) is 0. The SMILES string of the molecule is CCOC(CN)CCN(C1CCCCC1)C1CCCCC1. The maximum Gasteiger partial charge on any atom is 0.0709 e. The van der Waals surface area contributed by atoms with E-state index in [0.717, 1.165) is 25.1 Å². The Bertz CT molecular complexity index is 242. The first kappa shape index (κ1) is 17.2. The van der Waals surface area contributed by atoms with Crippen molar-refractivity contribution in [3.63, 3.8) is 0 Å². The lowest BCUT2D eigenvalue weighted by atomic mass is 9.88. The Morgan fingerprint density at radius 2 is 1.48 bits per heavy atom. The fourth-order valence-corrected chi connectivity index (χ4v) is 4.29. The first-order valence-corrected chi connectivity index (χ1v) is 9.42. The van der Waals surface area contributed by atoms with Crippen LogP contribution in [0.3, 0.4) is 0 Å². The Hall–Kier alpha value is -0.120. The fourth-order valence-electron chi connectivity index (χ4n) is 4.29. The molecule has 1 unspecified atom stereocenters. The average molecular weight is 296 g/mol. The molecule has 2 N–H and O–H groups in total. The van der Waals surface area contributed by atoms with E-state index < -0.39 is 0 Å². The molecule has 1 atom stereocenters. The van der Waals surface area contributed by atoms with Gasteiger partial charge in [0.15, 0.2) is 0 Å². The van der Waals surface area contributed by atoms with Crippen LogP contribution in [0.25, 0.3) is 0 Å². The third kappa shape index (κ3) is 5.54. The van der Waals surface area contributed by atoms with Crippen LogP contribution in [0, 0.1) is 0 Å². The van der Waals surface area contributed by atoms with Crippen molar-refractivity contribution in [2.24, 2.45) is 5.73 Å². The van der Waals surface area contributed by atoms with Crippen LogP contribution in [-0.2, 0) is 4.74 Å². The molecule has 2 fully saturated rings. The second kappa shape index (κ2) is 9.81. The van der Waals surface area contributed by atoms with Crippen LogP contribution >= 0.6 is 0 Å². The molecule has 3 nitrogen and oxygen atoms in total. The van der Waals surface area contributed by atoms with Gasteiger partial charge >= 0.3 is 0 Å². The molecule has 0 aromatic rings. The zero-order valence-electron chi connectivity index (χ0n) is 14.1. The number of nitrogens with zero attached hydrogens (tertiary/aromatic N) is 1. The number of ether oxygens (including phenoxy) is 1. The summed E-state index contributed by atoms with van der Waals surface area (Å²) in [4.78, 5) is 2.86. The molecule has 0 radical (unpaired) electrons. The van der Waals surface area contributed by atoms with E-state index in [1.807, 2.05) is 0 Å². The molecular formula is C18H36N2O. The van der Waals surface area contributed by atoms with Crippen molar-refractivity contribution < 1.29 is 4.74 Å². The Labute approximate surface area is 131 Å². The monoisotopic (exact) mass is 296 g/mol. The van der Waals surface area contributed by atoms with E-state index in [4.69, 9.17) is 10.5 Å². The fraction of sp³-hybridized carbons (Fsp3) is 1.00. The molecule has 124 valence electrons. The molecule has 2 aliphatic rings. The van der Waals surface area contributed by atoms with Crippen molar-refractivity contribution in [3.05, 3.63) is 0 Å². The number of hydrogen-bond acceptors (Lipinski definition) is 3. The normalized spacial score (nSPS) is 23.6. The van der Waals surface area contributed by atoms with Gasteiger partial charge < -0.3 is 10.5 Å². The smallest absolute Gasteiger partial charge is 0.0709 e. The second-order valence-corrected chi connectivity index (χ2v) is 6.92. The highest BCUT2D eigenvalue weighted by atomic mass is 16.5. The number of hydrogen-bond donors (Lipinski definition) is 1. The van der Waals surface area contributed by atoms with Gasteiger partial charge in [0.2, 0.25) is 0 Å². The van der Waals surface area contributed by atoms with E-state index in [1.165, 1.54) is 70.8 Å². The lowest BCUT2D eigenvalue weighted by Gasteiger charge is -2.42. The van der Waals surface area contributed by atoms with Gasteiger partial charge in [-0.25, -0.2) is 0 Å². The molecule has 0 aromatic carbocycles. The van der Waals surface area contributed by atoms with Gasteiger partial charge in [-0.1, -0.05) is 38.5 Å². The number of nitrogens with two attached hydrogens (primary N) is 1. The molecule has 0 aliphatic heterocycles. The summed E-state index contributed by atoms with van der Waals surface area (Å²) in [5.41, 5.74) is 5.86. The second-order valence-electron chi connectivity index (χ2n) is 6.92. The van der Waals surface area contributed by atoms with Gasteiger partial charge in [0.1, 0.15) is 0 Å². The van der Waals surface area contributed by atoms with Crippen molar-refractivity contribution in [2.75, 3.05) is 19.7 Å². The number of rotatable bonds is 8. The first-order valence-electron chi connectivity index (χ1n) is 9.42. The minimum absolute atomic E-state index is 0.254. The minimum atomic E-state index is 0.254. The quantitative estimate of drug-likeness (QED) is 0.742. The Morgan fingerprint density at radius 3 is 1.90 bits per heavy atom. The van der Waals surface area contributed by atoms with Gasteiger partial charge in [-0.15, -0.1) is 0 Å². The summed E-state index contributed by atoms with van der Waals surface area (Å²) in [6, 6.07) is 1.67. The zero-order chi connectivity index (χ0) is 14.9. The molecule has 21 heavy (non-hydrogen) atoms. The van der Waals surface area contributed by atoms with Crippen molar-refractivity contribution >= 4 is 0 Å². The van der Waals surface area contributed by atoms with Crippen LogP contribution in [0.5, 0.6) is 0 Å². The summed E-state index contributed by atoms with van der Waals surface area (Å²) >= 11 is 0. The molecule has 3 heteroatoms. The van der Waals surface area contributed by atoms with Crippen LogP contribution in [-0.4, -0.2) is 42.8 Å². The highest BCUT2D eigenvalue weighted by Crippen LogP contribution is 2.30. The van der Waals surface area contributed by atoms with Gasteiger partial charge in [-0.05, 0) is 39.0 Å². The van der Waals surface area contributed by atoms with Crippen molar-refractivity contribution in [1.29, 1.82) is 0 Å². The van der Waals surface area contributed by atoms with Gasteiger partial charge in [0.05, 0.1) is 6.10 Å². The molecule has 0 amide bonds. The van der Waals surface area contributed by atoms with Gasteiger partial charge in [0, 0.05) is 31.8 Å². The van der Waals surface area contributed by atoms with Crippen LogP contribution in [0.4, 0.5) is 0 Å². The predicted molar refractivity (Wildman–Crippen MR) is 89.5 cm³/mol. The highest BCUT2D eigenvalue weighted by Gasteiger charge is 2.28. The van der Waals surface area contributed by atoms with Gasteiger partial charge in [-0.3, -0.25) is 4.90 Å². The van der Waals surface area contributed by atoms with E-state index in [9.17, 15) is 0 Å². The summed E-state index contributed by atoms with van der Waals surface area (Å²) in [7, 11) is 0. The largest absolute Gasteiger partial charge is 0.377 e. The third-order valence-electron chi connectivity index (χ3n) is 5.46. The molecule has 2 aliphatic carbocycles. The molecule has 2 rings (SSSR count). The van der Waals surface area contributed by atoms with Gasteiger partial charge in [0.25, 0.3) is 0 Å². The minimum Gasteiger partial charge on any atom is -0.377 e. The Balaban J connectivity index is 1.90. The van der Waals surface area contributed by atoms with E-state index >= 15 is 0 Å². The molecule has 0 spiro atoms. The van der Waals surface area contributed by atoms with Crippen molar-refractivity contribution in [1.82, 2.24) is 4.90 Å². The van der Waals surface area contributed by atoms with Crippen LogP contribution in [0.2, 0.25) is 0 Å². The third-order valence-corrected chi connectivity index (χ3v) is 5.46. The van der Waals surface area contributed by atoms with E-state index in [2.05, 4.69) is 11.8 Å². The lowest BCUT2D eigenvalue weighted by Crippen LogP contribution is -2.46. The summed E-state index contributed by atoms with van der Waals surface area (Å²) in [5.74, 6) is 0. The summed E-state index contributed by atoms with van der Waals surface area (Å²) in [6.45, 7) is 4.71. The standard InChI is InChI=1S/C18H36N2O/c1-2-21-18(15-19)13-14-20(16-9-5-3-6-10-16)17-11-7-4-8-12-17/h16-18H,2-15,19H2,1H3. The zero-order valence-corrected chi connectivity index (χ0v) is 14.1. The van der Waals surface area contributed by atoms with Crippen molar-refractivity contribution in [2.45, 2.75) is 95.7 Å². The first-order chi connectivity index (χ1) is 10.3. The Morgan fingerprint density at radius 1 is 0.952 bits per heavy atom. The van der Waals surface area contributed by atoms with Crippen LogP contribution < -0.4 is 5.73 Å². The molecule has 0 bridgehead atoms. The summed E-state index contributed by atoms with van der Waals surface area (Å²) in [6.07, 6.45) is 15.6. The molecule has 0 heterocycles. The summed E-state index contributed by atoms with van der Waals surface area (Å²) < 4.78 is 5.76. The predicted octanol–water partition coefficient (Wildman–Crippen LogP) is 3.71. The van der Waals surface area contributed by atoms with Crippen LogP contribution in [0.15, 0.2) is 0 Å². The highest BCUT2D eigenvalue weighted by molar-refractivity contribution is 4.84. The van der Waals surface area contributed by atoms with Crippen LogP contribution in [0.1, 0.15) is 77.6 Å². The van der Waals surface area contributed by atoms with Gasteiger partial charge in [-0.2, -0.15) is 0 Å². The average Bonchev–Trinajstić information content (AvgIpc) is 2.56. The lowest BCUT2D eigenvalue weighted by molar-refractivity contribution is 0.0292. The molecule has 2 saturated carbocycles. The maximum atomic E-state index is 5.86. The molecule has 0 aromatic heterocycles. The maximum absolute atomic E-state index is 5.86. The Kier molecular flexibility index (Phi) is 8.05. The topological polar surface area (TPSA) is 38.5 Å². The van der Waals surface area contributed by atoms with Crippen molar-refractivity contribution in [3.8, 4) is 0 Å². The van der Waals surface area contributed by atoms with E-state index in [0.29, 0.717) is 6.54 Å². The molecule has 0 saturated heterocycles.